The van der Waals surface area contributed by atoms with Crippen molar-refractivity contribution in [2.75, 3.05) is 6.61 Å². The van der Waals surface area contributed by atoms with Gasteiger partial charge in [0.2, 0.25) is 0 Å². The summed E-state index contributed by atoms with van der Waals surface area (Å²) in [6, 6.07) is 5.83. The van der Waals surface area contributed by atoms with Gasteiger partial charge in [-0.05, 0) is 39.0 Å². The third kappa shape index (κ3) is 2.63. The van der Waals surface area contributed by atoms with E-state index in [2.05, 4.69) is 15.9 Å². The van der Waals surface area contributed by atoms with Crippen LogP contribution in [0.15, 0.2) is 22.7 Å². The number of carbonyl (C=O) groups excluding carboxylic acids is 1. The van der Waals surface area contributed by atoms with E-state index in [4.69, 9.17) is 4.74 Å². The van der Waals surface area contributed by atoms with E-state index in [0.717, 1.165) is 15.8 Å². The van der Waals surface area contributed by atoms with Crippen molar-refractivity contribution >= 4 is 21.8 Å². The third-order valence-electron chi connectivity index (χ3n) is 2.81. The highest BCUT2D eigenvalue weighted by Gasteiger charge is 2.30. The average molecular weight is 298 g/mol. The molecule has 0 bridgehead atoms. The first-order valence-corrected chi connectivity index (χ1v) is 6.39. The third-order valence-corrected chi connectivity index (χ3v) is 3.31. The normalized spacial score (nSPS) is 16.2. The Hall–Kier alpha value is -1.03. The molecule has 0 radical (unpaired) electrons. The lowest BCUT2D eigenvalue weighted by Gasteiger charge is -2.34. The summed E-state index contributed by atoms with van der Waals surface area (Å²) in [5.41, 5.74) is 0.852. The van der Waals surface area contributed by atoms with Crippen LogP contribution in [0.5, 0.6) is 5.75 Å². The Morgan fingerprint density at radius 3 is 2.71 bits per heavy atom. The van der Waals surface area contributed by atoms with Crippen LogP contribution in [0.4, 0.5) is 0 Å². The van der Waals surface area contributed by atoms with E-state index >= 15 is 0 Å². The van der Waals surface area contributed by atoms with Crippen LogP contribution in [0, 0.1) is 0 Å². The summed E-state index contributed by atoms with van der Waals surface area (Å²) in [6.45, 7) is 6.82. The van der Waals surface area contributed by atoms with E-state index in [1.807, 2.05) is 43.9 Å². The smallest absolute Gasteiger partial charge is 0.261 e. The predicted molar refractivity (Wildman–Crippen MR) is 69.9 cm³/mol. The summed E-state index contributed by atoms with van der Waals surface area (Å²) in [4.78, 5) is 13.9. The van der Waals surface area contributed by atoms with E-state index in [9.17, 15) is 4.79 Å². The summed E-state index contributed by atoms with van der Waals surface area (Å²) in [5, 5.41) is 0. The fourth-order valence-corrected chi connectivity index (χ4v) is 2.31. The summed E-state index contributed by atoms with van der Waals surface area (Å²) >= 11 is 3.44. The van der Waals surface area contributed by atoms with Gasteiger partial charge in [0.05, 0.1) is 0 Å². The van der Waals surface area contributed by atoms with Gasteiger partial charge in [-0.15, -0.1) is 0 Å². The van der Waals surface area contributed by atoms with Crippen LogP contribution in [-0.2, 0) is 11.3 Å². The van der Waals surface area contributed by atoms with Crippen LogP contribution in [-0.4, -0.2) is 23.0 Å². The zero-order chi connectivity index (χ0) is 12.6. The molecule has 1 aliphatic rings. The number of nitrogens with zero attached hydrogens (tertiary/aromatic N) is 1. The number of carbonyl (C=O) groups is 1. The van der Waals surface area contributed by atoms with Crippen LogP contribution >= 0.6 is 15.9 Å². The lowest BCUT2D eigenvalue weighted by Crippen LogP contribution is -2.45. The van der Waals surface area contributed by atoms with Crippen LogP contribution in [0.1, 0.15) is 26.3 Å². The van der Waals surface area contributed by atoms with E-state index in [1.54, 1.807) is 0 Å². The molecule has 0 N–H and O–H groups in total. The highest BCUT2D eigenvalue weighted by atomic mass is 79.9. The van der Waals surface area contributed by atoms with Gasteiger partial charge in [0.1, 0.15) is 5.75 Å². The number of benzene rings is 1. The summed E-state index contributed by atoms with van der Waals surface area (Å²) < 4.78 is 6.53. The second kappa shape index (κ2) is 4.33. The van der Waals surface area contributed by atoms with E-state index in [-0.39, 0.29) is 18.1 Å². The first-order chi connectivity index (χ1) is 7.88. The molecule has 0 aromatic heterocycles. The van der Waals surface area contributed by atoms with E-state index in [0.29, 0.717) is 6.54 Å². The largest absolute Gasteiger partial charge is 0.483 e. The molecule has 4 heteroatoms. The van der Waals surface area contributed by atoms with Crippen molar-refractivity contribution in [2.24, 2.45) is 0 Å². The number of hydrogen-bond acceptors (Lipinski definition) is 2. The number of amides is 1. The van der Waals surface area contributed by atoms with Gasteiger partial charge in [-0.25, -0.2) is 0 Å². The van der Waals surface area contributed by atoms with Gasteiger partial charge in [-0.1, -0.05) is 15.9 Å². The number of fused-ring (bicyclic) bond motifs is 1. The molecule has 0 saturated carbocycles. The molecule has 0 aliphatic carbocycles. The van der Waals surface area contributed by atoms with Gasteiger partial charge >= 0.3 is 0 Å². The van der Waals surface area contributed by atoms with Crippen molar-refractivity contribution in [3.8, 4) is 5.75 Å². The molecular weight excluding hydrogens is 282 g/mol. The maximum absolute atomic E-state index is 12.0. The monoisotopic (exact) mass is 297 g/mol. The van der Waals surface area contributed by atoms with Crippen molar-refractivity contribution in [3.63, 3.8) is 0 Å². The van der Waals surface area contributed by atoms with Gasteiger partial charge in [0.25, 0.3) is 5.91 Å². The Bertz CT molecular complexity index is 451. The Kier molecular flexibility index (Phi) is 3.17. The fourth-order valence-electron chi connectivity index (χ4n) is 1.90. The second-order valence-corrected chi connectivity index (χ2v) is 6.11. The molecular formula is C13H16BrNO2. The Labute approximate surface area is 110 Å². The first kappa shape index (κ1) is 12.4. The van der Waals surface area contributed by atoms with Crippen molar-refractivity contribution in [2.45, 2.75) is 32.9 Å². The minimum atomic E-state index is -0.190. The molecule has 17 heavy (non-hydrogen) atoms. The molecule has 0 atom stereocenters. The van der Waals surface area contributed by atoms with E-state index in [1.165, 1.54) is 0 Å². The summed E-state index contributed by atoms with van der Waals surface area (Å²) in [7, 11) is 0. The van der Waals surface area contributed by atoms with Crippen LogP contribution < -0.4 is 4.74 Å². The molecule has 1 aliphatic heterocycles. The topological polar surface area (TPSA) is 29.5 Å². The van der Waals surface area contributed by atoms with Crippen molar-refractivity contribution in [1.29, 1.82) is 0 Å². The van der Waals surface area contributed by atoms with Crippen LogP contribution in [0.2, 0.25) is 0 Å². The number of ether oxygens (including phenoxy) is 1. The Balaban J connectivity index is 2.39. The Morgan fingerprint density at radius 1 is 1.35 bits per heavy atom. The van der Waals surface area contributed by atoms with Gasteiger partial charge in [0, 0.05) is 22.1 Å². The maximum atomic E-state index is 12.0. The molecule has 3 nitrogen and oxygen atoms in total. The molecule has 1 heterocycles. The van der Waals surface area contributed by atoms with Crippen molar-refractivity contribution in [1.82, 2.24) is 4.90 Å². The number of rotatable bonds is 0. The molecule has 0 saturated heterocycles. The van der Waals surface area contributed by atoms with Gasteiger partial charge < -0.3 is 9.64 Å². The van der Waals surface area contributed by atoms with E-state index < -0.39 is 0 Å². The standard InChI is InChI=1S/C13H16BrNO2/c1-13(2,3)15-7-9-6-10(14)4-5-11(9)17-8-12(15)16/h4-6H,7-8H2,1-3H3. The molecule has 92 valence electrons. The quantitative estimate of drug-likeness (QED) is 0.737. The van der Waals surface area contributed by atoms with Crippen molar-refractivity contribution in [3.05, 3.63) is 28.2 Å². The molecule has 1 aromatic rings. The van der Waals surface area contributed by atoms with Crippen LogP contribution in [0.25, 0.3) is 0 Å². The SMILES string of the molecule is CC(C)(C)N1Cc2cc(Br)ccc2OCC1=O. The molecule has 0 unspecified atom stereocenters. The number of hydrogen-bond donors (Lipinski definition) is 0. The molecule has 1 aromatic carbocycles. The molecule has 2 rings (SSSR count). The minimum absolute atomic E-state index is 0.0322. The highest BCUT2D eigenvalue weighted by Crippen LogP contribution is 2.29. The first-order valence-electron chi connectivity index (χ1n) is 5.59. The molecule has 0 fully saturated rings. The molecule has 0 spiro atoms. The maximum Gasteiger partial charge on any atom is 0.261 e. The zero-order valence-electron chi connectivity index (χ0n) is 10.3. The summed E-state index contributed by atoms with van der Waals surface area (Å²) in [5.74, 6) is 0.832. The lowest BCUT2D eigenvalue weighted by atomic mass is 10.0. The fraction of sp³-hybridized carbons (Fsp3) is 0.462. The van der Waals surface area contributed by atoms with Crippen molar-refractivity contribution < 1.29 is 9.53 Å². The zero-order valence-corrected chi connectivity index (χ0v) is 11.9. The minimum Gasteiger partial charge on any atom is -0.483 e. The lowest BCUT2D eigenvalue weighted by molar-refractivity contribution is -0.138. The van der Waals surface area contributed by atoms with Gasteiger partial charge in [-0.3, -0.25) is 4.79 Å². The second-order valence-electron chi connectivity index (χ2n) is 5.19. The molecule has 1 amide bonds. The summed E-state index contributed by atoms with van der Waals surface area (Å²) in [6.07, 6.45) is 0. The Morgan fingerprint density at radius 2 is 2.06 bits per heavy atom. The van der Waals surface area contributed by atoms with Gasteiger partial charge in [0.15, 0.2) is 6.61 Å². The predicted octanol–water partition coefficient (Wildman–Crippen LogP) is 2.97. The average Bonchev–Trinajstić information content (AvgIpc) is 2.37. The number of halogens is 1. The van der Waals surface area contributed by atoms with Gasteiger partial charge in [-0.2, -0.15) is 0 Å². The highest BCUT2D eigenvalue weighted by molar-refractivity contribution is 9.10. The van der Waals surface area contributed by atoms with Crippen LogP contribution in [0.3, 0.4) is 0 Å².